The van der Waals surface area contributed by atoms with E-state index in [2.05, 4.69) is 10.2 Å². The Kier molecular flexibility index (Phi) is 4.70. The quantitative estimate of drug-likeness (QED) is 0.914. The van der Waals surface area contributed by atoms with Crippen molar-refractivity contribution in [3.63, 3.8) is 0 Å². The van der Waals surface area contributed by atoms with Crippen LogP contribution in [0.25, 0.3) is 0 Å². The Morgan fingerprint density at radius 3 is 2.55 bits per heavy atom. The summed E-state index contributed by atoms with van der Waals surface area (Å²) in [6.07, 6.45) is -3.29. The fourth-order valence-corrected chi connectivity index (χ4v) is 2.79. The number of alkyl halides is 3. The Hall–Kier alpha value is -1.07. The Balaban J connectivity index is 2.22. The van der Waals surface area contributed by atoms with E-state index >= 15 is 0 Å². The Morgan fingerprint density at radius 2 is 2.00 bits per heavy atom. The molecule has 1 aliphatic rings. The van der Waals surface area contributed by atoms with E-state index in [-0.39, 0.29) is 6.04 Å². The van der Waals surface area contributed by atoms with Gasteiger partial charge in [-0.3, -0.25) is 4.90 Å². The van der Waals surface area contributed by atoms with E-state index in [0.717, 1.165) is 19.5 Å². The van der Waals surface area contributed by atoms with Gasteiger partial charge in [-0.15, -0.1) is 0 Å². The van der Waals surface area contributed by atoms with Gasteiger partial charge in [-0.2, -0.15) is 13.2 Å². The maximum atomic E-state index is 13.0. The van der Waals surface area contributed by atoms with Crippen LogP contribution in [0.2, 0.25) is 0 Å². The van der Waals surface area contributed by atoms with Crippen LogP contribution in [0.3, 0.4) is 0 Å². The largest absolute Gasteiger partial charge is 0.416 e. The zero-order valence-electron chi connectivity index (χ0n) is 11.9. The van der Waals surface area contributed by atoms with Crippen LogP contribution < -0.4 is 5.32 Å². The highest BCUT2D eigenvalue weighted by Crippen LogP contribution is 2.33. The van der Waals surface area contributed by atoms with Gasteiger partial charge < -0.3 is 5.32 Å². The summed E-state index contributed by atoms with van der Waals surface area (Å²) in [5, 5.41) is 3.27. The van der Waals surface area contributed by atoms with Gasteiger partial charge in [0.05, 0.1) is 5.56 Å². The molecule has 2 nitrogen and oxygen atoms in total. The lowest BCUT2D eigenvalue weighted by molar-refractivity contribution is -0.138. The third kappa shape index (κ3) is 3.52. The fraction of sp³-hybridized carbons (Fsp3) is 0.600. The van der Waals surface area contributed by atoms with Crippen molar-refractivity contribution in [3.05, 3.63) is 35.4 Å². The van der Waals surface area contributed by atoms with Crippen molar-refractivity contribution in [2.45, 2.75) is 45.1 Å². The lowest BCUT2D eigenvalue weighted by atomic mass is 10.0. The maximum Gasteiger partial charge on any atom is 0.416 e. The molecule has 1 N–H and O–H groups in total. The molecule has 1 fully saturated rings. The summed E-state index contributed by atoms with van der Waals surface area (Å²) in [6, 6.07) is 6.41. The van der Waals surface area contributed by atoms with Gasteiger partial charge in [-0.25, -0.2) is 0 Å². The van der Waals surface area contributed by atoms with E-state index in [4.69, 9.17) is 0 Å². The van der Waals surface area contributed by atoms with Crippen molar-refractivity contribution < 1.29 is 13.2 Å². The number of hydrogen-bond donors (Lipinski definition) is 1. The number of hydrogen-bond acceptors (Lipinski definition) is 2. The minimum Gasteiger partial charge on any atom is -0.315 e. The molecule has 0 bridgehead atoms. The zero-order chi connectivity index (χ0) is 14.8. The summed E-state index contributed by atoms with van der Waals surface area (Å²) in [5.41, 5.74) is -0.155. The Bertz CT molecular complexity index is 437. The molecule has 1 aliphatic heterocycles. The molecule has 1 unspecified atom stereocenters. The molecular weight excluding hydrogens is 265 g/mol. The standard InChI is InChI=1S/C15H21F3N2/c1-11(2)20(13-7-8-19-9-13)10-12-5-3-4-6-14(12)15(16,17)18/h3-6,11,13,19H,7-10H2,1-2H3. The van der Waals surface area contributed by atoms with E-state index in [0.29, 0.717) is 18.2 Å². The first kappa shape index (κ1) is 15.3. The summed E-state index contributed by atoms with van der Waals surface area (Å²) in [6.45, 7) is 6.21. The van der Waals surface area contributed by atoms with Gasteiger partial charge in [0.1, 0.15) is 0 Å². The minimum absolute atomic E-state index is 0.223. The molecule has 1 heterocycles. The first-order chi connectivity index (χ1) is 9.39. The molecular formula is C15H21F3N2. The highest BCUT2D eigenvalue weighted by Gasteiger charge is 2.34. The summed E-state index contributed by atoms with van der Waals surface area (Å²) >= 11 is 0. The average Bonchev–Trinajstić information content (AvgIpc) is 2.88. The number of rotatable bonds is 4. The molecule has 0 saturated carbocycles. The van der Waals surface area contributed by atoms with E-state index in [9.17, 15) is 13.2 Å². The lowest BCUT2D eigenvalue weighted by Crippen LogP contribution is -2.41. The molecule has 0 aliphatic carbocycles. The van der Waals surface area contributed by atoms with Gasteiger partial charge >= 0.3 is 6.18 Å². The first-order valence-electron chi connectivity index (χ1n) is 7.01. The molecule has 0 aromatic heterocycles. The monoisotopic (exact) mass is 286 g/mol. The summed E-state index contributed by atoms with van der Waals surface area (Å²) in [7, 11) is 0. The molecule has 1 aromatic carbocycles. The normalized spacial score (nSPS) is 20.1. The topological polar surface area (TPSA) is 15.3 Å². The van der Waals surface area contributed by atoms with Crippen LogP contribution in [0.5, 0.6) is 0 Å². The van der Waals surface area contributed by atoms with Crippen LogP contribution in [0.4, 0.5) is 13.2 Å². The highest BCUT2D eigenvalue weighted by atomic mass is 19.4. The summed E-state index contributed by atoms with van der Waals surface area (Å²) < 4.78 is 39.1. The van der Waals surface area contributed by atoms with Crippen LogP contribution in [0.1, 0.15) is 31.4 Å². The van der Waals surface area contributed by atoms with E-state index in [1.165, 1.54) is 12.1 Å². The van der Waals surface area contributed by atoms with Gasteiger partial charge in [0, 0.05) is 25.2 Å². The van der Waals surface area contributed by atoms with Crippen molar-refractivity contribution in [1.29, 1.82) is 0 Å². The van der Waals surface area contributed by atoms with Crippen LogP contribution >= 0.6 is 0 Å². The highest BCUT2D eigenvalue weighted by molar-refractivity contribution is 5.29. The van der Waals surface area contributed by atoms with Crippen molar-refractivity contribution in [2.24, 2.45) is 0 Å². The van der Waals surface area contributed by atoms with Gasteiger partial charge in [0.15, 0.2) is 0 Å². The fourth-order valence-electron chi connectivity index (χ4n) is 2.79. The molecule has 0 radical (unpaired) electrons. The summed E-state index contributed by atoms with van der Waals surface area (Å²) in [4.78, 5) is 2.16. The molecule has 1 atom stereocenters. The Labute approximate surface area is 118 Å². The van der Waals surface area contributed by atoms with Crippen molar-refractivity contribution in [2.75, 3.05) is 13.1 Å². The van der Waals surface area contributed by atoms with Crippen LogP contribution in [-0.4, -0.2) is 30.1 Å². The van der Waals surface area contributed by atoms with E-state index in [1.807, 2.05) is 13.8 Å². The Morgan fingerprint density at radius 1 is 1.30 bits per heavy atom. The van der Waals surface area contributed by atoms with Crippen molar-refractivity contribution in [3.8, 4) is 0 Å². The molecule has 5 heteroatoms. The molecule has 112 valence electrons. The van der Waals surface area contributed by atoms with Gasteiger partial charge in [0.25, 0.3) is 0 Å². The molecule has 2 rings (SSSR count). The number of nitrogens with zero attached hydrogens (tertiary/aromatic N) is 1. The van der Waals surface area contributed by atoms with Gasteiger partial charge in [-0.1, -0.05) is 18.2 Å². The maximum absolute atomic E-state index is 13.0. The minimum atomic E-state index is -4.28. The second-order valence-electron chi connectivity index (χ2n) is 5.57. The van der Waals surface area contributed by atoms with Crippen LogP contribution in [0, 0.1) is 0 Å². The summed E-state index contributed by atoms with van der Waals surface area (Å²) in [5.74, 6) is 0. The van der Waals surface area contributed by atoms with Crippen LogP contribution in [-0.2, 0) is 12.7 Å². The first-order valence-corrected chi connectivity index (χ1v) is 7.01. The predicted octanol–water partition coefficient (Wildman–Crippen LogP) is 3.28. The molecule has 0 spiro atoms. The smallest absolute Gasteiger partial charge is 0.315 e. The second kappa shape index (κ2) is 6.14. The second-order valence-corrected chi connectivity index (χ2v) is 5.57. The van der Waals surface area contributed by atoms with Crippen molar-refractivity contribution in [1.82, 2.24) is 10.2 Å². The molecule has 0 amide bonds. The number of benzene rings is 1. The van der Waals surface area contributed by atoms with Gasteiger partial charge in [-0.05, 0) is 38.4 Å². The molecule has 1 saturated heterocycles. The average molecular weight is 286 g/mol. The third-order valence-electron chi connectivity index (χ3n) is 3.84. The lowest BCUT2D eigenvalue weighted by Gasteiger charge is -2.33. The molecule has 1 aromatic rings. The third-order valence-corrected chi connectivity index (χ3v) is 3.84. The van der Waals surface area contributed by atoms with E-state index in [1.54, 1.807) is 12.1 Å². The van der Waals surface area contributed by atoms with Gasteiger partial charge in [0.2, 0.25) is 0 Å². The molecule has 20 heavy (non-hydrogen) atoms. The SMILES string of the molecule is CC(C)N(Cc1ccccc1C(F)(F)F)C1CCNC1. The predicted molar refractivity (Wildman–Crippen MR) is 73.4 cm³/mol. The number of halogens is 3. The zero-order valence-corrected chi connectivity index (χ0v) is 11.9. The number of nitrogens with one attached hydrogen (secondary N) is 1. The van der Waals surface area contributed by atoms with E-state index < -0.39 is 11.7 Å². The van der Waals surface area contributed by atoms with Crippen molar-refractivity contribution >= 4 is 0 Å². The van der Waals surface area contributed by atoms with Crippen LogP contribution in [0.15, 0.2) is 24.3 Å².